The Bertz CT molecular complexity index is 1670. The average Bonchev–Trinajstić information content (AvgIpc) is 2.92. The fourth-order valence-corrected chi connectivity index (χ4v) is 3.94. The molecule has 0 aliphatic heterocycles. The second kappa shape index (κ2) is 9.60. The molecule has 0 unspecified atom stereocenters. The number of carbonyl (C=O) groups excluding carboxylic acids is 1. The van der Waals surface area contributed by atoms with Crippen LogP contribution in [-0.4, -0.2) is 20.3 Å². The minimum atomic E-state index is -0.506. The lowest BCUT2D eigenvalue weighted by Crippen LogP contribution is -2.22. The van der Waals surface area contributed by atoms with Crippen LogP contribution in [-0.2, 0) is 0 Å². The molecule has 36 heavy (non-hydrogen) atoms. The van der Waals surface area contributed by atoms with Gasteiger partial charge >= 0.3 is 0 Å². The number of hydrogen-bond donors (Lipinski definition) is 0. The molecule has 0 N–H and O–H groups in total. The third-order valence-corrected chi connectivity index (χ3v) is 5.78. The van der Waals surface area contributed by atoms with E-state index in [-0.39, 0.29) is 22.9 Å². The van der Waals surface area contributed by atoms with Gasteiger partial charge in [-0.15, -0.1) is 0 Å². The van der Waals surface area contributed by atoms with E-state index in [1.807, 2.05) is 42.5 Å². The summed E-state index contributed by atoms with van der Waals surface area (Å²) >= 11 is 0. The van der Waals surface area contributed by atoms with Crippen molar-refractivity contribution in [1.82, 2.24) is 9.55 Å². The quantitative estimate of drug-likeness (QED) is 0.133. The highest BCUT2D eigenvalue weighted by Crippen LogP contribution is 2.21. The molecular formula is C29H19N3O4. The first-order valence-electron chi connectivity index (χ1n) is 11.2. The second-order valence-electron chi connectivity index (χ2n) is 8.04. The summed E-state index contributed by atoms with van der Waals surface area (Å²) < 4.78 is 1.34. The highest BCUT2D eigenvalue weighted by atomic mass is 16.6. The van der Waals surface area contributed by atoms with Gasteiger partial charge in [0.2, 0.25) is 0 Å². The van der Waals surface area contributed by atoms with E-state index in [4.69, 9.17) is 0 Å². The number of non-ortho nitro benzene ring substituents is 1. The van der Waals surface area contributed by atoms with Crippen molar-refractivity contribution < 1.29 is 9.72 Å². The minimum Gasteiger partial charge on any atom is -0.289 e. The van der Waals surface area contributed by atoms with Crippen molar-refractivity contribution in [3.8, 4) is 16.8 Å². The lowest BCUT2D eigenvalue weighted by molar-refractivity contribution is -0.384. The van der Waals surface area contributed by atoms with Crippen LogP contribution in [0.5, 0.6) is 0 Å². The van der Waals surface area contributed by atoms with E-state index in [0.29, 0.717) is 22.2 Å². The molecule has 5 rings (SSSR count). The van der Waals surface area contributed by atoms with E-state index in [0.717, 1.165) is 11.1 Å². The molecule has 0 fully saturated rings. The molecule has 7 heteroatoms. The molecule has 1 aromatic heterocycles. The van der Waals surface area contributed by atoms with Gasteiger partial charge in [0.1, 0.15) is 5.82 Å². The summed E-state index contributed by atoms with van der Waals surface area (Å²) in [6, 6.07) is 29.7. The predicted octanol–water partition coefficient (Wildman–Crippen LogP) is 5.86. The minimum absolute atomic E-state index is 0.0910. The lowest BCUT2D eigenvalue weighted by atomic mass is 10.0. The smallest absolute Gasteiger partial charge is 0.269 e. The van der Waals surface area contributed by atoms with Crippen LogP contribution in [0.25, 0.3) is 33.8 Å². The van der Waals surface area contributed by atoms with Crippen molar-refractivity contribution in [2.24, 2.45) is 0 Å². The van der Waals surface area contributed by atoms with Gasteiger partial charge in [0.15, 0.2) is 5.78 Å². The zero-order valence-corrected chi connectivity index (χ0v) is 18.9. The van der Waals surface area contributed by atoms with Crippen LogP contribution >= 0.6 is 0 Å². The summed E-state index contributed by atoms with van der Waals surface area (Å²) in [6.07, 6.45) is 2.86. The number of rotatable bonds is 6. The molecule has 0 aliphatic rings. The van der Waals surface area contributed by atoms with Crippen LogP contribution in [0.2, 0.25) is 0 Å². The molecule has 0 aliphatic carbocycles. The Morgan fingerprint density at radius 1 is 0.806 bits per heavy atom. The largest absolute Gasteiger partial charge is 0.289 e. The van der Waals surface area contributed by atoms with E-state index in [1.165, 1.54) is 41.0 Å². The van der Waals surface area contributed by atoms with Gasteiger partial charge in [-0.25, -0.2) is 4.98 Å². The average molecular weight is 473 g/mol. The Balaban J connectivity index is 1.52. The van der Waals surface area contributed by atoms with Gasteiger partial charge < -0.3 is 0 Å². The van der Waals surface area contributed by atoms with Crippen LogP contribution < -0.4 is 5.56 Å². The van der Waals surface area contributed by atoms with E-state index in [1.54, 1.807) is 36.4 Å². The van der Waals surface area contributed by atoms with Crippen LogP contribution in [0.4, 0.5) is 5.69 Å². The number of allylic oxidation sites excluding steroid dienone is 1. The van der Waals surface area contributed by atoms with Gasteiger partial charge in [0.25, 0.3) is 11.2 Å². The molecule has 174 valence electrons. The van der Waals surface area contributed by atoms with E-state index < -0.39 is 4.92 Å². The van der Waals surface area contributed by atoms with Gasteiger partial charge in [0.05, 0.1) is 21.5 Å². The van der Waals surface area contributed by atoms with Crippen molar-refractivity contribution in [2.75, 3.05) is 0 Å². The van der Waals surface area contributed by atoms with Gasteiger partial charge in [-0.05, 0) is 47.5 Å². The molecule has 0 spiro atoms. The maximum absolute atomic E-state index is 13.3. The van der Waals surface area contributed by atoms with Crippen LogP contribution in [0.3, 0.4) is 0 Å². The number of ketones is 1. The SMILES string of the molecule is O=C(/C=C/c1nc2ccccc2c(=O)n1-c1ccc([N+](=O)[O-])cc1)c1ccc(-c2ccccc2)cc1. The van der Waals surface area contributed by atoms with Crippen LogP contribution in [0.1, 0.15) is 16.2 Å². The fraction of sp³-hybridized carbons (Fsp3) is 0. The number of hydrogen-bond acceptors (Lipinski definition) is 5. The second-order valence-corrected chi connectivity index (χ2v) is 8.04. The molecule has 0 atom stereocenters. The molecule has 5 aromatic rings. The van der Waals surface area contributed by atoms with E-state index >= 15 is 0 Å². The Morgan fingerprint density at radius 2 is 1.44 bits per heavy atom. The third kappa shape index (κ3) is 4.45. The summed E-state index contributed by atoms with van der Waals surface area (Å²) in [5.41, 5.74) is 3.01. The Morgan fingerprint density at radius 3 is 2.14 bits per heavy atom. The summed E-state index contributed by atoms with van der Waals surface area (Å²) in [6.45, 7) is 0. The molecule has 7 nitrogen and oxygen atoms in total. The molecule has 0 saturated carbocycles. The van der Waals surface area contributed by atoms with Gasteiger partial charge in [-0.3, -0.25) is 24.3 Å². The number of nitro groups is 1. The molecule has 0 amide bonds. The molecular weight excluding hydrogens is 454 g/mol. The molecule has 0 radical (unpaired) electrons. The van der Waals surface area contributed by atoms with Gasteiger partial charge in [-0.1, -0.05) is 66.7 Å². The summed E-state index contributed by atoms with van der Waals surface area (Å²) in [4.78, 5) is 41.4. The maximum atomic E-state index is 13.3. The van der Waals surface area contributed by atoms with Crippen LogP contribution in [0, 0.1) is 10.1 Å². The first kappa shape index (κ1) is 22.6. The molecule has 1 heterocycles. The Kier molecular flexibility index (Phi) is 6.03. The lowest BCUT2D eigenvalue weighted by Gasteiger charge is -2.11. The normalized spacial score (nSPS) is 11.1. The summed E-state index contributed by atoms with van der Waals surface area (Å²) in [5, 5.41) is 11.4. The first-order valence-corrected chi connectivity index (χ1v) is 11.2. The number of nitrogens with zero attached hydrogens (tertiary/aromatic N) is 3. The van der Waals surface area contributed by atoms with Crippen molar-refractivity contribution in [3.05, 3.63) is 141 Å². The fourth-order valence-electron chi connectivity index (χ4n) is 3.94. The Labute approximate surface area is 205 Å². The van der Waals surface area contributed by atoms with E-state index in [9.17, 15) is 19.7 Å². The zero-order chi connectivity index (χ0) is 25.1. The van der Waals surface area contributed by atoms with Crippen molar-refractivity contribution in [3.63, 3.8) is 0 Å². The van der Waals surface area contributed by atoms with E-state index in [2.05, 4.69) is 4.98 Å². The summed E-state index contributed by atoms with van der Waals surface area (Å²) in [7, 11) is 0. The highest BCUT2D eigenvalue weighted by Gasteiger charge is 2.13. The van der Waals surface area contributed by atoms with Crippen LogP contribution in [0.15, 0.2) is 114 Å². The topological polar surface area (TPSA) is 95.1 Å². The number of fused-ring (bicyclic) bond motifs is 1. The molecule has 0 saturated heterocycles. The number of benzene rings is 4. The Hall–Kier alpha value is -5.17. The monoisotopic (exact) mass is 473 g/mol. The predicted molar refractivity (Wildman–Crippen MR) is 139 cm³/mol. The number of nitro benzene ring substituents is 1. The third-order valence-electron chi connectivity index (χ3n) is 5.78. The number of aromatic nitrogens is 2. The standard InChI is InChI=1S/C29H19N3O4/c33-27(22-12-10-21(11-13-22)20-6-2-1-3-7-20)18-19-28-30-26-9-5-4-8-25(26)29(34)31(28)23-14-16-24(17-15-23)32(35)36/h1-19H/b19-18+. The maximum Gasteiger partial charge on any atom is 0.269 e. The molecule has 4 aromatic carbocycles. The number of carbonyl (C=O) groups is 1. The highest BCUT2D eigenvalue weighted by molar-refractivity contribution is 6.07. The van der Waals surface area contributed by atoms with Crippen molar-refractivity contribution in [2.45, 2.75) is 0 Å². The van der Waals surface area contributed by atoms with Gasteiger partial charge in [0, 0.05) is 17.7 Å². The number of para-hydroxylation sites is 1. The van der Waals surface area contributed by atoms with Crippen molar-refractivity contribution in [1.29, 1.82) is 0 Å². The van der Waals surface area contributed by atoms with Crippen molar-refractivity contribution >= 4 is 28.4 Å². The van der Waals surface area contributed by atoms with Gasteiger partial charge in [-0.2, -0.15) is 0 Å². The first-order chi connectivity index (χ1) is 17.5. The molecule has 0 bridgehead atoms. The summed E-state index contributed by atoms with van der Waals surface area (Å²) in [5.74, 6) is -0.00548. The zero-order valence-electron chi connectivity index (χ0n) is 18.9.